The first-order chi connectivity index (χ1) is 9.79. The Hall–Kier alpha value is -1.16. The van der Waals surface area contributed by atoms with E-state index in [-0.39, 0.29) is 5.91 Å². The predicted molar refractivity (Wildman–Crippen MR) is 80.9 cm³/mol. The van der Waals surface area contributed by atoms with Crippen molar-refractivity contribution in [2.45, 2.75) is 0 Å². The van der Waals surface area contributed by atoms with Crippen LogP contribution >= 0.6 is 8.73 Å². The lowest BCUT2D eigenvalue weighted by atomic mass is 10.2. The van der Waals surface area contributed by atoms with E-state index in [2.05, 4.69) is 9.99 Å². The highest BCUT2D eigenvalue weighted by Gasteiger charge is 2.10. The predicted octanol–water partition coefficient (Wildman–Crippen LogP) is 1.35. The van der Waals surface area contributed by atoms with Crippen molar-refractivity contribution in [1.82, 2.24) is 9.99 Å². The molecule has 5 nitrogen and oxygen atoms in total. The van der Waals surface area contributed by atoms with Crippen molar-refractivity contribution in [3.8, 4) is 5.75 Å². The topological polar surface area (TPSA) is 50.8 Å². The molecular formula is C14H21N2O3P. The minimum atomic E-state index is -0.0514. The lowest BCUT2D eigenvalue weighted by Gasteiger charge is -2.26. The molecule has 1 amide bonds. The molecule has 20 heavy (non-hydrogen) atoms. The molecule has 1 N–H and O–H groups in total. The minimum absolute atomic E-state index is 0.0514. The van der Waals surface area contributed by atoms with Crippen LogP contribution in [0.1, 0.15) is 10.4 Å². The van der Waals surface area contributed by atoms with Crippen LogP contribution < -0.4 is 9.82 Å². The molecule has 1 unspecified atom stereocenters. The van der Waals surface area contributed by atoms with E-state index >= 15 is 0 Å². The number of benzene rings is 1. The van der Waals surface area contributed by atoms with Crippen LogP contribution in [0.3, 0.4) is 0 Å². The molecule has 0 spiro atoms. The van der Waals surface area contributed by atoms with E-state index in [4.69, 9.17) is 9.47 Å². The lowest BCUT2D eigenvalue weighted by Crippen LogP contribution is -2.38. The Morgan fingerprint density at radius 2 is 2.25 bits per heavy atom. The molecular weight excluding hydrogens is 275 g/mol. The van der Waals surface area contributed by atoms with Gasteiger partial charge in [0.05, 0.1) is 13.2 Å². The van der Waals surface area contributed by atoms with E-state index in [1.807, 2.05) is 18.8 Å². The van der Waals surface area contributed by atoms with Gasteiger partial charge in [-0.25, -0.2) is 0 Å². The van der Waals surface area contributed by atoms with E-state index in [9.17, 15) is 4.79 Å². The second-order valence-electron chi connectivity index (χ2n) is 4.53. The van der Waals surface area contributed by atoms with Gasteiger partial charge in [-0.15, -0.1) is 0 Å². The van der Waals surface area contributed by atoms with Crippen LogP contribution in [-0.2, 0) is 4.74 Å². The summed E-state index contributed by atoms with van der Waals surface area (Å²) in [7, 11) is 0.405. The molecule has 1 aromatic rings. The molecule has 0 bridgehead atoms. The fourth-order valence-corrected chi connectivity index (χ4v) is 2.40. The van der Waals surface area contributed by atoms with Crippen LogP contribution in [0.4, 0.5) is 0 Å². The van der Waals surface area contributed by atoms with Crippen LogP contribution in [0.2, 0.25) is 0 Å². The normalized spacial score (nSPS) is 16.4. The van der Waals surface area contributed by atoms with Gasteiger partial charge < -0.3 is 14.6 Å². The zero-order chi connectivity index (χ0) is 14.2. The summed E-state index contributed by atoms with van der Waals surface area (Å²) in [5, 5.41) is 2.81. The smallest absolute Gasteiger partial charge is 0.254 e. The van der Waals surface area contributed by atoms with E-state index in [0.717, 1.165) is 38.6 Å². The van der Waals surface area contributed by atoms with Crippen molar-refractivity contribution in [3.05, 3.63) is 29.8 Å². The van der Waals surface area contributed by atoms with Gasteiger partial charge in [0.1, 0.15) is 12.4 Å². The first-order valence-corrected chi connectivity index (χ1v) is 8.29. The molecule has 0 aliphatic carbocycles. The largest absolute Gasteiger partial charge is 0.492 e. The first kappa shape index (κ1) is 15.2. The van der Waals surface area contributed by atoms with Gasteiger partial charge >= 0.3 is 0 Å². The van der Waals surface area contributed by atoms with E-state index < -0.39 is 0 Å². The highest BCUT2D eigenvalue weighted by Crippen LogP contribution is 2.14. The quantitative estimate of drug-likeness (QED) is 0.805. The molecule has 1 saturated heterocycles. The summed E-state index contributed by atoms with van der Waals surface area (Å²) in [5.74, 6) is 0.690. The molecule has 1 aliphatic heterocycles. The number of rotatable bonds is 6. The van der Waals surface area contributed by atoms with Crippen molar-refractivity contribution < 1.29 is 14.3 Å². The van der Waals surface area contributed by atoms with Crippen molar-refractivity contribution in [2.24, 2.45) is 0 Å². The number of hydrogen-bond acceptors (Lipinski definition) is 4. The van der Waals surface area contributed by atoms with Gasteiger partial charge in [-0.3, -0.25) is 9.69 Å². The Morgan fingerprint density at radius 3 is 3.00 bits per heavy atom. The number of carbonyl (C=O) groups is 1. The van der Waals surface area contributed by atoms with Gasteiger partial charge in [0, 0.05) is 25.2 Å². The lowest BCUT2D eigenvalue weighted by molar-refractivity contribution is 0.0322. The zero-order valence-electron chi connectivity index (χ0n) is 11.7. The van der Waals surface area contributed by atoms with Crippen molar-refractivity contribution in [2.75, 3.05) is 46.1 Å². The number of hydrogen-bond donors (Lipinski definition) is 1. The highest BCUT2D eigenvalue weighted by molar-refractivity contribution is 7.35. The van der Waals surface area contributed by atoms with Crippen LogP contribution in [0.5, 0.6) is 5.75 Å². The monoisotopic (exact) mass is 296 g/mol. The average molecular weight is 296 g/mol. The third kappa shape index (κ3) is 4.75. The second kappa shape index (κ2) is 8.20. The van der Waals surface area contributed by atoms with E-state index in [1.165, 1.54) is 0 Å². The maximum Gasteiger partial charge on any atom is 0.254 e. The number of amides is 1. The highest BCUT2D eigenvalue weighted by atomic mass is 31.1. The van der Waals surface area contributed by atoms with Crippen LogP contribution in [0.25, 0.3) is 0 Å². The number of morpholine rings is 1. The van der Waals surface area contributed by atoms with E-state index in [0.29, 0.717) is 20.9 Å². The summed E-state index contributed by atoms with van der Waals surface area (Å²) in [6, 6.07) is 7.31. The molecule has 6 heteroatoms. The Bertz CT molecular complexity index is 436. The van der Waals surface area contributed by atoms with Crippen LogP contribution in [-0.4, -0.2) is 56.9 Å². The average Bonchev–Trinajstić information content (AvgIpc) is 2.49. The number of carbonyl (C=O) groups excluding carboxylic acids is 1. The Kier molecular flexibility index (Phi) is 6.25. The Balaban J connectivity index is 1.80. The summed E-state index contributed by atoms with van der Waals surface area (Å²) < 4.78 is 11.0. The molecule has 0 radical (unpaired) electrons. The summed E-state index contributed by atoms with van der Waals surface area (Å²) in [6.45, 7) is 6.96. The van der Waals surface area contributed by atoms with Crippen molar-refractivity contribution in [1.29, 1.82) is 0 Å². The molecule has 0 aromatic heterocycles. The second-order valence-corrected chi connectivity index (χ2v) is 5.28. The van der Waals surface area contributed by atoms with Crippen LogP contribution in [0, 0.1) is 0 Å². The third-order valence-corrected chi connectivity index (χ3v) is 3.59. The SMILES string of the molecule is CPNC(=O)c1cccc(OCCN2CCOCC2)c1. The fourth-order valence-electron chi connectivity index (χ4n) is 2.03. The molecule has 110 valence electrons. The molecule has 1 aliphatic rings. The first-order valence-electron chi connectivity index (χ1n) is 6.79. The molecule has 1 heterocycles. The van der Waals surface area contributed by atoms with Crippen LogP contribution in [0.15, 0.2) is 24.3 Å². The van der Waals surface area contributed by atoms with E-state index in [1.54, 1.807) is 12.1 Å². The standard InChI is InChI=1S/C14H21N2O3P/c1-20-15-14(17)12-3-2-4-13(11-12)19-10-7-16-5-8-18-9-6-16/h2-4,11,20H,5-10H2,1H3,(H,15,17). The Labute approximate surface area is 121 Å². The summed E-state index contributed by atoms with van der Waals surface area (Å²) in [5.41, 5.74) is 0.642. The van der Waals surface area contributed by atoms with Gasteiger partial charge in [0.25, 0.3) is 5.91 Å². The fraction of sp³-hybridized carbons (Fsp3) is 0.500. The third-order valence-electron chi connectivity index (χ3n) is 3.11. The van der Waals surface area contributed by atoms with Crippen molar-refractivity contribution >= 4 is 14.6 Å². The van der Waals surface area contributed by atoms with Gasteiger partial charge in [0.2, 0.25) is 0 Å². The van der Waals surface area contributed by atoms with Crippen molar-refractivity contribution in [3.63, 3.8) is 0 Å². The number of nitrogens with one attached hydrogen (secondary N) is 1. The molecule has 1 atom stereocenters. The summed E-state index contributed by atoms with van der Waals surface area (Å²) in [6.07, 6.45) is 0. The maximum atomic E-state index is 11.7. The van der Waals surface area contributed by atoms with Gasteiger partial charge in [0.15, 0.2) is 0 Å². The van der Waals surface area contributed by atoms with Gasteiger partial charge in [-0.1, -0.05) is 6.07 Å². The molecule has 0 saturated carbocycles. The molecule has 1 aromatic carbocycles. The maximum absolute atomic E-state index is 11.7. The zero-order valence-corrected chi connectivity index (χ0v) is 12.7. The summed E-state index contributed by atoms with van der Waals surface area (Å²) >= 11 is 0. The van der Waals surface area contributed by atoms with Gasteiger partial charge in [-0.05, 0) is 33.6 Å². The number of nitrogens with zero attached hydrogens (tertiary/aromatic N) is 1. The molecule has 1 fully saturated rings. The Morgan fingerprint density at radius 1 is 1.45 bits per heavy atom. The number of ether oxygens (including phenoxy) is 2. The molecule has 2 rings (SSSR count). The minimum Gasteiger partial charge on any atom is -0.492 e. The summed E-state index contributed by atoms with van der Waals surface area (Å²) in [4.78, 5) is 14.1. The van der Waals surface area contributed by atoms with Gasteiger partial charge in [-0.2, -0.15) is 0 Å².